The Morgan fingerprint density at radius 2 is 1.75 bits per heavy atom. The fourth-order valence-electron chi connectivity index (χ4n) is 1.99. The average Bonchev–Trinajstić information content (AvgIpc) is 2.58. The van der Waals surface area contributed by atoms with E-state index in [0.29, 0.717) is 11.3 Å². The van der Waals surface area contributed by atoms with Crippen molar-refractivity contribution in [3.63, 3.8) is 0 Å². The number of benzene rings is 2. The molecule has 0 bridgehead atoms. The first-order valence-corrected chi connectivity index (χ1v) is 7.53. The fourth-order valence-corrected chi connectivity index (χ4v) is 2.56. The molecule has 6 heteroatoms. The Morgan fingerprint density at radius 3 is 2.38 bits per heavy atom. The van der Waals surface area contributed by atoms with E-state index in [0.717, 1.165) is 0 Å². The van der Waals surface area contributed by atoms with Gasteiger partial charge >= 0.3 is 0 Å². The topological polar surface area (TPSA) is 73.9 Å². The molecule has 0 unspecified atom stereocenters. The number of para-hydroxylation sites is 1. The van der Waals surface area contributed by atoms with Gasteiger partial charge in [-0.3, -0.25) is 4.79 Å². The molecule has 0 heterocycles. The summed E-state index contributed by atoms with van der Waals surface area (Å²) in [5.74, 6) is -0.187. The van der Waals surface area contributed by atoms with Gasteiger partial charge in [0.05, 0.1) is 15.6 Å². The van der Waals surface area contributed by atoms with Gasteiger partial charge in [0, 0.05) is 5.56 Å². The van der Waals surface area contributed by atoms with Crippen molar-refractivity contribution < 1.29 is 9.53 Å². The van der Waals surface area contributed by atoms with E-state index in [1.807, 2.05) is 12.1 Å². The lowest BCUT2D eigenvalue weighted by atomic mass is 10.0. The summed E-state index contributed by atoms with van der Waals surface area (Å²) >= 11 is 12.1. The second-order valence-electron chi connectivity index (χ2n) is 4.58. The monoisotopic (exact) mass is 356 g/mol. The zero-order valence-corrected chi connectivity index (χ0v) is 13.8. The molecule has 0 aliphatic carbocycles. The molecule has 2 rings (SSSR count). The third-order valence-corrected chi connectivity index (χ3v) is 3.70. The number of halogens is 2. The molecule has 0 spiro atoms. The van der Waals surface area contributed by atoms with Crippen LogP contribution >= 0.6 is 23.2 Å². The second-order valence-corrected chi connectivity index (χ2v) is 5.39. The molecule has 0 N–H and O–H groups in total. The third kappa shape index (κ3) is 3.94. The third-order valence-electron chi connectivity index (χ3n) is 3.07. The first-order valence-electron chi connectivity index (χ1n) is 6.77. The lowest BCUT2D eigenvalue weighted by Gasteiger charge is -2.07. The number of rotatable bonds is 5. The van der Waals surface area contributed by atoms with Crippen molar-refractivity contribution in [2.45, 2.75) is 0 Å². The summed E-state index contributed by atoms with van der Waals surface area (Å²) in [6.07, 6.45) is 1.38. The van der Waals surface area contributed by atoms with E-state index >= 15 is 0 Å². The molecule has 0 fully saturated rings. The predicted octanol–water partition coefficient (Wildman–Crippen LogP) is 4.69. The van der Waals surface area contributed by atoms with Crippen LogP contribution in [-0.2, 0) is 0 Å². The van der Waals surface area contributed by atoms with E-state index in [1.54, 1.807) is 30.3 Å². The zero-order valence-electron chi connectivity index (χ0n) is 12.3. The van der Waals surface area contributed by atoms with Gasteiger partial charge in [0.1, 0.15) is 23.5 Å². The zero-order chi connectivity index (χ0) is 17.5. The van der Waals surface area contributed by atoms with Gasteiger partial charge in [-0.1, -0.05) is 47.5 Å². The molecule has 2 aromatic carbocycles. The number of nitrogens with zero attached hydrogens (tertiary/aromatic N) is 2. The largest absolute Gasteiger partial charge is 0.478 e. The quantitative estimate of drug-likeness (QED) is 0.442. The molecule has 24 heavy (non-hydrogen) atoms. The minimum absolute atomic E-state index is 0.0732. The minimum atomic E-state index is -0.580. The SMILES string of the molecule is N#CCOc1ccccc1/C=C(/C#N)C(=O)c1c(Cl)cccc1Cl. The van der Waals surface area contributed by atoms with Crippen molar-refractivity contribution in [3.8, 4) is 17.9 Å². The summed E-state index contributed by atoms with van der Waals surface area (Å²) < 4.78 is 5.29. The minimum Gasteiger partial charge on any atom is -0.478 e. The molecule has 0 saturated carbocycles. The number of nitriles is 2. The van der Waals surface area contributed by atoms with Crippen LogP contribution in [0.2, 0.25) is 10.0 Å². The van der Waals surface area contributed by atoms with E-state index in [1.165, 1.54) is 18.2 Å². The van der Waals surface area contributed by atoms with Crippen LogP contribution in [0.5, 0.6) is 5.75 Å². The number of carbonyl (C=O) groups is 1. The maximum absolute atomic E-state index is 12.6. The van der Waals surface area contributed by atoms with Crippen molar-refractivity contribution in [3.05, 3.63) is 69.2 Å². The van der Waals surface area contributed by atoms with Crippen LogP contribution < -0.4 is 4.74 Å². The van der Waals surface area contributed by atoms with Crippen LogP contribution in [-0.4, -0.2) is 12.4 Å². The number of carbonyl (C=O) groups excluding carboxylic acids is 1. The highest BCUT2D eigenvalue weighted by molar-refractivity contribution is 6.41. The van der Waals surface area contributed by atoms with Crippen LogP contribution in [0, 0.1) is 22.7 Å². The molecule has 0 aliphatic heterocycles. The molecular formula is C18H10Cl2N2O2. The smallest absolute Gasteiger partial charge is 0.206 e. The van der Waals surface area contributed by atoms with Crippen LogP contribution in [0.25, 0.3) is 6.08 Å². The van der Waals surface area contributed by atoms with Gasteiger partial charge in [-0.25, -0.2) is 0 Å². The number of ether oxygens (including phenoxy) is 1. The van der Waals surface area contributed by atoms with Crippen LogP contribution in [0.4, 0.5) is 0 Å². The van der Waals surface area contributed by atoms with Crippen molar-refractivity contribution in [1.29, 1.82) is 10.5 Å². The molecular weight excluding hydrogens is 347 g/mol. The molecule has 2 aromatic rings. The molecule has 0 radical (unpaired) electrons. The Labute approximate surface area is 149 Å². The molecule has 0 saturated heterocycles. The molecule has 0 aromatic heterocycles. The summed E-state index contributed by atoms with van der Waals surface area (Å²) in [5.41, 5.74) is 0.433. The highest BCUT2D eigenvalue weighted by atomic mass is 35.5. The maximum atomic E-state index is 12.6. The summed E-state index contributed by atoms with van der Waals surface area (Å²) in [6.45, 7) is -0.142. The highest BCUT2D eigenvalue weighted by Gasteiger charge is 2.19. The Kier molecular flexibility index (Phi) is 5.98. The van der Waals surface area contributed by atoms with Gasteiger partial charge in [-0.2, -0.15) is 10.5 Å². The number of hydrogen-bond acceptors (Lipinski definition) is 4. The van der Waals surface area contributed by atoms with E-state index in [-0.39, 0.29) is 27.8 Å². The average molecular weight is 357 g/mol. The van der Waals surface area contributed by atoms with E-state index in [2.05, 4.69) is 0 Å². The Morgan fingerprint density at radius 1 is 1.08 bits per heavy atom. The summed E-state index contributed by atoms with van der Waals surface area (Å²) in [6, 6.07) is 15.2. The molecule has 0 amide bonds. The fraction of sp³-hybridized carbons (Fsp3) is 0.0556. The molecule has 4 nitrogen and oxygen atoms in total. The van der Waals surface area contributed by atoms with Gasteiger partial charge < -0.3 is 4.74 Å². The maximum Gasteiger partial charge on any atom is 0.206 e. The van der Waals surface area contributed by atoms with Crippen LogP contribution in [0.3, 0.4) is 0 Å². The number of Topliss-reactive ketones (excluding diaryl/α,β-unsaturated/α-hetero) is 1. The van der Waals surface area contributed by atoms with Gasteiger partial charge in [-0.15, -0.1) is 0 Å². The number of allylic oxidation sites excluding steroid dienone is 1. The Balaban J connectivity index is 2.46. The van der Waals surface area contributed by atoms with E-state index in [9.17, 15) is 10.1 Å². The molecule has 0 atom stereocenters. The Hall–Kier alpha value is -2.79. The molecule has 0 aliphatic rings. The van der Waals surface area contributed by atoms with Gasteiger partial charge in [0.2, 0.25) is 5.78 Å². The van der Waals surface area contributed by atoms with Crippen molar-refractivity contribution in [2.24, 2.45) is 0 Å². The van der Waals surface area contributed by atoms with Crippen molar-refractivity contribution in [1.82, 2.24) is 0 Å². The summed E-state index contributed by atoms with van der Waals surface area (Å²) in [4.78, 5) is 12.6. The van der Waals surface area contributed by atoms with Crippen molar-refractivity contribution >= 4 is 35.1 Å². The Bertz CT molecular complexity index is 872. The van der Waals surface area contributed by atoms with Crippen molar-refractivity contribution in [2.75, 3.05) is 6.61 Å². The lowest BCUT2D eigenvalue weighted by Crippen LogP contribution is -2.04. The standard InChI is InChI=1S/C18H10Cl2N2O2/c19-14-5-3-6-15(20)17(14)18(23)13(11-22)10-12-4-1-2-7-16(12)24-9-8-21/h1-7,10H,9H2/b13-10-. The summed E-state index contributed by atoms with van der Waals surface area (Å²) in [7, 11) is 0. The van der Waals surface area contributed by atoms with E-state index < -0.39 is 5.78 Å². The van der Waals surface area contributed by atoms with Crippen LogP contribution in [0.15, 0.2) is 48.0 Å². The predicted molar refractivity (Wildman–Crippen MR) is 91.9 cm³/mol. The number of hydrogen-bond donors (Lipinski definition) is 0. The normalized spacial score (nSPS) is 10.6. The van der Waals surface area contributed by atoms with Crippen LogP contribution in [0.1, 0.15) is 15.9 Å². The number of ketones is 1. The van der Waals surface area contributed by atoms with Gasteiger partial charge in [0.25, 0.3) is 0 Å². The van der Waals surface area contributed by atoms with E-state index in [4.69, 9.17) is 33.2 Å². The first kappa shape index (κ1) is 17.6. The highest BCUT2D eigenvalue weighted by Crippen LogP contribution is 2.28. The second kappa shape index (κ2) is 8.17. The lowest BCUT2D eigenvalue weighted by molar-refractivity contribution is 0.104. The first-order chi connectivity index (χ1) is 11.6. The summed E-state index contributed by atoms with van der Waals surface area (Å²) in [5, 5.41) is 18.3. The van der Waals surface area contributed by atoms with Gasteiger partial charge in [0.15, 0.2) is 6.61 Å². The molecule has 118 valence electrons. The van der Waals surface area contributed by atoms with Gasteiger partial charge in [-0.05, 0) is 24.3 Å².